The molecule has 2 unspecified atom stereocenters. The lowest BCUT2D eigenvalue weighted by Crippen LogP contribution is -2.49. The Bertz CT molecular complexity index is 229. The van der Waals surface area contributed by atoms with Gasteiger partial charge in [0.05, 0.1) is 0 Å². The van der Waals surface area contributed by atoms with Crippen molar-refractivity contribution in [3.05, 3.63) is 12.3 Å². The molecule has 5 heteroatoms. The maximum atomic E-state index is 11.2. The molecule has 0 bridgehead atoms. The van der Waals surface area contributed by atoms with E-state index in [4.69, 9.17) is 4.84 Å². The standard InChI is InChI=1S/C7H11N3O2/c1-5-2-3-8-10(5)6-4-12-9-7(6)11/h2-3,5-6,8H,4H2,1H3,(H,9,11). The molecule has 0 radical (unpaired) electrons. The molecular weight excluding hydrogens is 158 g/mol. The topological polar surface area (TPSA) is 53.6 Å². The van der Waals surface area contributed by atoms with Crippen LogP contribution in [0.1, 0.15) is 6.92 Å². The molecule has 2 aliphatic heterocycles. The number of hydrogen-bond acceptors (Lipinski definition) is 4. The monoisotopic (exact) mass is 169 g/mol. The summed E-state index contributed by atoms with van der Waals surface area (Å²) in [5.41, 5.74) is 5.31. The van der Waals surface area contributed by atoms with Crippen molar-refractivity contribution in [3.63, 3.8) is 0 Å². The Balaban J connectivity index is 2.04. The van der Waals surface area contributed by atoms with Crippen LogP contribution in [0.2, 0.25) is 0 Å². The van der Waals surface area contributed by atoms with E-state index in [0.717, 1.165) is 0 Å². The summed E-state index contributed by atoms with van der Waals surface area (Å²) in [4.78, 5) is 16.0. The van der Waals surface area contributed by atoms with Gasteiger partial charge in [-0.05, 0) is 13.0 Å². The fraction of sp³-hybridized carbons (Fsp3) is 0.571. The lowest BCUT2D eigenvalue weighted by atomic mass is 10.2. The summed E-state index contributed by atoms with van der Waals surface area (Å²) in [7, 11) is 0. The van der Waals surface area contributed by atoms with Crippen molar-refractivity contribution < 1.29 is 9.63 Å². The molecule has 2 aliphatic rings. The van der Waals surface area contributed by atoms with Crippen LogP contribution in [0.3, 0.4) is 0 Å². The van der Waals surface area contributed by atoms with Crippen LogP contribution in [0.15, 0.2) is 12.3 Å². The third-order valence-electron chi connectivity index (χ3n) is 2.09. The molecule has 0 spiro atoms. The molecule has 1 fully saturated rings. The molecule has 5 nitrogen and oxygen atoms in total. The first-order chi connectivity index (χ1) is 5.79. The third kappa shape index (κ3) is 1.07. The number of hydrazine groups is 1. The number of rotatable bonds is 1. The fourth-order valence-electron chi connectivity index (χ4n) is 1.39. The van der Waals surface area contributed by atoms with Gasteiger partial charge < -0.3 is 5.43 Å². The highest BCUT2D eigenvalue weighted by molar-refractivity contribution is 5.82. The van der Waals surface area contributed by atoms with Gasteiger partial charge in [0.2, 0.25) is 0 Å². The van der Waals surface area contributed by atoms with Crippen LogP contribution in [0.4, 0.5) is 0 Å². The highest BCUT2D eigenvalue weighted by Crippen LogP contribution is 2.12. The van der Waals surface area contributed by atoms with E-state index in [0.29, 0.717) is 6.61 Å². The van der Waals surface area contributed by atoms with E-state index >= 15 is 0 Å². The first-order valence-corrected chi connectivity index (χ1v) is 3.92. The summed E-state index contributed by atoms with van der Waals surface area (Å²) in [6.45, 7) is 2.42. The van der Waals surface area contributed by atoms with Crippen LogP contribution in [-0.4, -0.2) is 29.6 Å². The summed E-state index contributed by atoms with van der Waals surface area (Å²) < 4.78 is 0. The van der Waals surface area contributed by atoms with E-state index in [2.05, 4.69) is 10.9 Å². The Kier molecular flexibility index (Phi) is 1.74. The van der Waals surface area contributed by atoms with E-state index in [1.54, 1.807) is 0 Å². The van der Waals surface area contributed by atoms with Gasteiger partial charge in [0.25, 0.3) is 5.91 Å². The predicted molar refractivity (Wildman–Crippen MR) is 41.5 cm³/mol. The Morgan fingerprint density at radius 3 is 3.08 bits per heavy atom. The molecule has 0 aromatic heterocycles. The maximum Gasteiger partial charge on any atom is 0.265 e. The molecule has 2 rings (SSSR count). The first kappa shape index (κ1) is 7.57. The van der Waals surface area contributed by atoms with Crippen molar-refractivity contribution in [1.82, 2.24) is 15.9 Å². The van der Waals surface area contributed by atoms with Gasteiger partial charge in [0, 0.05) is 12.2 Å². The van der Waals surface area contributed by atoms with Gasteiger partial charge in [0.15, 0.2) is 0 Å². The molecule has 0 saturated carbocycles. The fourth-order valence-corrected chi connectivity index (χ4v) is 1.39. The Hall–Kier alpha value is -1.07. The van der Waals surface area contributed by atoms with Gasteiger partial charge >= 0.3 is 0 Å². The van der Waals surface area contributed by atoms with Gasteiger partial charge in [-0.2, -0.15) is 0 Å². The van der Waals surface area contributed by atoms with Crippen LogP contribution in [0.5, 0.6) is 0 Å². The zero-order valence-corrected chi connectivity index (χ0v) is 6.78. The second-order valence-corrected chi connectivity index (χ2v) is 2.93. The van der Waals surface area contributed by atoms with Gasteiger partial charge in [-0.3, -0.25) is 9.63 Å². The van der Waals surface area contributed by atoms with Crippen molar-refractivity contribution in [2.75, 3.05) is 6.61 Å². The summed E-state index contributed by atoms with van der Waals surface area (Å²) in [5, 5.41) is 1.86. The summed E-state index contributed by atoms with van der Waals surface area (Å²) in [6, 6.07) is 0.0254. The minimum atomic E-state index is -0.213. The number of amides is 1. The summed E-state index contributed by atoms with van der Waals surface area (Å²) in [6.07, 6.45) is 3.82. The van der Waals surface area contributed by atoms with Crippen molar-refractivity contribution in [2.24, 2.45) is 0 Å². The predicted octanol–water partition coefficient (Wildman–Crippen LogP) is -0.861. The number of nitrogens with zero attached hydrogens (tertiary/aromatic N) is 1. The molecule has 0 aliphatic carbocycles. The Morgan fingerprint density at radius 2 is 2.58 bits per heavy atom. The van der Waals surface area contributed by atoms with Crippen LogP contribution in [0, 0.1) is 0 Å². The zero-order valence-electron chi connectivity index (χ0n) is 6.78. The number of hydrogen-bond donors (Lipinski definition) is 2. The number of hydroxylamine groups is 1. The van der Waals surface area contributed by atoms with Crippen LogP contribution < -0.4 is 10.9 Å². The second-order valence-electron chi connectivity index (χ2n) is 2.93. The van der Waals surface area contributed by atoms with Gasteiger partial charge in [-0.25, -0.2) is 10.5 Å². The Morgan fingerprint density at radius 1 is 1.75 bits per heavy atom. The average Bonchev–Trinajstić information content (AvgIpc) is 2.59. The SMILES string of the molecule is CC1C=CNN1C1CONC1=O. The van der Waals surface area contributed by atoms with Crippen LogP contribution >= 0.6 is 0 Å². The molecule has 12 heavy (non-hydrogen) atoms. The minimum Gasteiger partial charge on any atom is -0.325 e. The molecule has 0 aromatic carbocycles. The molecule has 1 saturated heterocycles. The molecule has 2 atom stereocenters. The quantitative estimate of drug-likeness (QED) is 0.536. The molecule has 1 amide bonds. The summed E-state index contributed by atoms with van der Waals surface area (Å²) in [5.74, 6) is -0.0851. The Labute approximate surface area is 70.3 Å². The molecule has 2 heterocycles. The third-order valence-corrected chi connectivity index (χ3v) is 2.09. The van der Waals surface area contributed by atoms with Crippen LogP contribution in [-0.2, 0) is 9.63 Å². The smallest absolute Gasteiger partial charge is 0.265 e. The van der Waals surface area contributed by atoms with E-state index in [1.807, 2.05) is 24.2 Å². The molecule has 66 valence electrons. The molecular formula is C7H11N3O2. The first-order valence-electron chi connectivity index (χ1n) is 3.92. The largest absolute Gasteiger partial charge is 0.325 e. The normalized spacial score (nSPS) is 35.2. The van der Waals surface area contributed by atoms with E-state index < -0.39 is 0 Å². The van der Waals surface area contributed by atoms with Crippen molar-refractivity contribution in [1.29, 1.82) is 0 Å². The van der Waals surface area contributed by atoms with E-state index in [1.165, 1.54) is 0 Å². The van der Waals surface area contributed by atoms with Crippen LogP contribution in [0.25, 0.3) is 0 Å². The highest BCUT2D eigenvalue weighted by Gasteiger charge is 2.34. The zero-order chi connectivity index (χ0) is 8.55. The average molecular weight is 169 g/mol. The second kappa shape index (κ2) is 2.76. The lowest BCUT2D eigenvalue weighted by molar-refractivity contribution is -0.127. The van der Waals surface area contributed by atoms with Gasteiger partial charge in [0.1, 0.15) is 12.6 Å². The number of carbonyl (C=O) groups excluding carboxylic acids is 1. The van der Waals surface area contributed by atoms with Gasteiger partial charge in [-0.15, -0.1) is 0 Å². The molecule has 0 aromatic rings. The highest BCUT2D eigenvalue weighted by atomic mass is 16.7. The maximum absolute atomic E-state index is 11.2. The lowest BCUT2D eigenvalue weighted by Gasteiger charge is -2.24. The number of nitrogens with one attached hydrogen (secondary N) is 2. The van der Waals surface area contributed by atoms with Gasteiger partial charge in [-0.1, -0.05) is 0 Å². The van der Waals surface area contributed by atoms with E-state index in [9.17, 15) is 4.79 Å². The van der Waals surface area contributed by atoms with Crippen molar-refractivity contribution >= 4 is 5.91 Å². The van der Waals surface area contributed by atoms with Crippen molar-refractivity contribution in [2.45, 2.75) is 19.0 Å². The summed E-state index contributed by atoms with van der Waals surface area (Å²) >= 11 is 0. The molecule has 2 N–H and O–H groups in total. The minimum absolute atomic E-state index is 0.0851. The van der Waals surface area contributed by atoms with Crippen molar-refractivity contribution in [3.8, 4) is 0 Å². The number of carbonyl (C=O) groups is 1. The van der Waals surface area contributed by atoms with E-state index in [-0.39, 0.29) is 18.0 Å².